The third kappa shape index (κ3) is 2.50. The number of nitrogens with one attached hydrogen (secondary N) is 1. The summed E-state index contributed by atoms with van der Waals surface area (Å²) in [4.78, 5) is 29.3. The first kappa shape index (κ1) is 17.2. The molecular weight excluding hydrogens is 342 g/mol. The number of amides is 2. The molecule has 3 aromatic rings. The van der Waals surface area contributed by atoms with Gasteiger partial charge in [0.15, 0.2) is 0 Å². The second kappa shape index (κ2) is 5.92. The van der Waals surface area contributed by atoms with E-state index in [2.05, 4.69) is 10.4 Å². The van der Waals surface area contributed by atoms with Crippen molar-refractivity contribution < 1.29 is 9.59 Å². The number of carbonyl (C=O) groups excluding carboxylic acids is 2. The molecule has 0 aliphatic carbocycles. The number of aromatic nitrogens is 2. The summed E-state index contributed by atoms with van der Waals surface area (Å²) >= 11 is 0. The highest BCUT2D eigenvalue weighted by atomic mass is 16.2. The molecule has 0 saturated heterocycles. The van der Waals surface area contributed by atoms with Gasteiger partial charge in [-0.25, -0.2) is 10.4 Å². The van der Waals surface area contributed by atoms with Crippen LogP contribution in [0, 0.1) is 6.92 Å². The summed E-state index contributed by atoms with van der Waals surface area (Å²) in [6, 6.07) is 9.44. The van der Waals surface area contributed by atoms with Gasteiger partial charge in [0.1, 0.15) is 5.69 Å². The standard InChI is InChI=1S/C20H21N5O2/c1-12-5-4-6-14-16-18(24(3)17(12)14)19(27)25(13-7-9-22-10-8-13)23-20(16,2)11-15(21)26/h4-10,23H,11H2,1-3H3,(H2,21,26). The molecule has 1 aliphatic heterocycles. The molecule has 7 heteroatoms. The van der Waals surface area contributed by atoms with Gasteiger partial charge in [-0.3, -0.25) is 14.6 Å². The lowest BCUT2D eigenvalue weighted by atomic mass is 9.84. The van der Waals surface area contributed by atoms with Crippen LogP contribution in [-0.2, 0) is 17.4 Å². The smallest absolute Gasteiger partial charge is 0.289 e. The number of rotatable bonds is 3. The van der Waals surface area contributed by atoms with Crippen LogP contribution in [0.25, 0.3) is 10.9 Å². The van der Waals surface area contributed by atoms with E-state index in [9.17, 15) is 9.59 Å². The van der Waals surface area contributed by atoms with E-state index in [-0.39, 0.29) is 12.3 Å². The van der Waals surface area contributed by atoms with Crippen LogP contribution >= 0.6 is 0 Å². The number of primary amides is 1. The maximum Gasteiger partial charge on any atom is 0.289 e. The molecule has 0 spiro atoms. The van der Waals surface area contributed by atoms with E-state index in [4.69, 9.17) is 5.73 Å². The number of anilines is 1. The van der Waals surface area contributed by atoms with Crippen molar-refractivity contribution >= 4 is 28.4 Å². The predicted octanol–water partition coefficient (Wildman–Crippen LogP) is 2.14. The van der Waals surface area contributed by atoms with Gasteiger partial charge in [0.25, 0.3) is 5.91 Å². The number of nitrogens with zero attached hydrogens (tertiary/aromatic N) is 3. The largest absolute Gasteiger partial charge is 0.370 e. The van der Waals surface area contributed by atoms with Crippen molar-refractivity contribution in [1.29, 1.82) is 0 Å². The van der Waals surface area contributed by atoms with Gasteiger partial charge in [-0.1, -0.05) is 18.2 Å². The van der Waals surface area contributed by atoms with Gasteiger partial charge >= 0.3 is 0 Å². The number of nitrogens with two attached hydrogens (primary N) is 1. The first-order valence-electron chi connectivity index (χ1n) is 8.72. The quantitative estimate of drug-likeness (QED) is 0.745. The molecule has 7 nitrogen and oxygen atoms in total. The van der Waals surface area contributed by atoms with E-state index in [1.807, 2.05) is 43.7 Å². The molecule has 0 saturated carbocycles. The first-order chi connectivity index (χ1) is 12.8. The van der Waals surface area contributed by atoms with Gasteiger partial charge in [-0.2, -0.15) is 0 Å². The Hall–Kier alpha value is -3.19. The van der Waals surface area contributed by atoms with Crippen molar-refractivity contribution in [3.63, 3.8) is 0 Å². The molecule has 138 valence electrons. The summed E-state index contributed by atoms with van der Waals surface area (Å²) < 4.78 is 1.91. The Morgan fingerprint density at radius 2 is 1.96 bits per heavy atom. The van der Waals surface area contributed by atoms with Crippen LogP contribution in [0.2, 0.25) is 0 Å². The highest BCUT2D eigenvalue weighted by Gasteiger charge is 2.44. The van der Waals surface area contributed by atoms with E-state index in [0.29, 0.717) is 11.4 Å². The normalized spacial score (nSPS) is 19.4. The molecule has 1 atom stereocenters. The van der Waals surface area contributed by atoms with Crippen LogP contribution in [0.15, 0.2) is 42.7 Å². The molecule has 1 aromatic carbocycles. The van der Waals surface area contributed by atoms with Crippen molar-refractivity contribution in [2.75, 3.05) is 5.01 Å². The summed E-state index contributed by atoms with van der Waals surface area (Å²) in [5, 5.41) is 2.42. The van der Waals surface area contributed by atoms with Crippen LogP contribution in [0.3, 0.4) is 0 Å². The molecule has 3 heterocycles. The number of hydrogen-bond acceptors (Lipinski definition) is 4. The van der Waals surface area contributed by atoms with Gasteiger partial charge < -0.3 is 10.3 Å². The van der Waals surface area contributed by atoms with Crippen molar-refractivity contribution in [1.82, 2.24) is 15.0 Å². The molecule has 3 N–H and O–H groups in total. The zero-order chi connectivity index (χ0) is 19.3. The van der Waals surface area contributed by atoms with Gasteiger partial charge in [0, 0.05) is 30.4 Å². The topological polar surface area (TPSA) is 93.2 Å². The second-order valence-corrected chi connectivity index (χ2v) is 7.19. The zero-order valence-electron chi connectivity index (χ0n) is 15.5. The second-order valence-electron chi connectivity index (χ2n) is 7.19. The number of hydrazine groups is 1. The van der Waals surface area contributed by atoms with Crippen LogP contribution < -0.4 is 16.2 Å². The molecule has 27 heavy (non-hydrogen) atoms. The molecule has 0 bridgehead atoms. The third-order valence-electron chi connectivity index (χ3n) is 5.18. The summed E-state index contributed by atoms with van der Waals surface area (Å²) in [7, 11) is 1.88. The van der Waals surface area contributed by atoms with Crippen LogP contribution in [0.4, 0.5) is 5.69 Å². The highest BCUT2D eigenvalue weighted by Crippen LogP contribution is 2.41. The fourth-order valence-corrected chi connectivity index (χ4v) is 4.13. The van der Waals surface area contributed by atoms with Crippen molar-refractivity contribution in [3.8, 4) is 0 Å². The summed E-state index contributed by atoms with van der Waals surface area (Å²) in [6.07, 6.45) is 3.30. The van der Waals surface area contributed by atoms with E-state index >= 15 is 0 Å². The van der Waals surface area contributed by atoms with Crippen molar-refractivity contribution in [2.45, 2.75) is 25.8 Å². The minimum Gasteiger partial charge on any atom is -0.370 e. The number of hydrogen-bond donors (Lipinski definition) is 2. The number of carbonyl (C=O) groups is 2. The molecule has 0 fully saturated rings. The fourth-order valence-electron chi connectivity index (χ4n) is 4.13. The molecular formula is C20H21N5O2. The molecule has 1 aliphatic rings. The van der Waals surface area contributed by atoms with Gasteiger partial charge in [-0.05, 0) is 31.5 Å². The van der Waals surface area contributed by atoms with E-state index < -0.39 is 11.4 Å². The van der Waals surface area contributed by atoms with Crippen molar-refractivity contribution in [3.05, 3.63) is 59.5 Å². The average Bonchev–Trinajstić information content (AvgIpc) is 2.94. The number of aryl methyl sites for hydroxylation is 2. The number of para-hydroxylation sites is 1. The number of fused-ring (bicyclic) bond motifs is 3. The van der Waals surface area contributed by atoms with Gasteiger partial charge in [-0.15, -0.1) is 0 Å². The Kier molecular flexibility index (Phi) is 3.78. The van der Waals surface area contributed by atoms with Gasteiger partial charge in [0.2, 0.25) is 5.91 Å². The lowest BCUT2D eigenvalue weighted by Crippen LogP contribution is -2.59. The monoisotopic (exact) mass is 363 g/mol. The van der Waals surface area contributed by atoms with E-state index in [1.165, 1.54) is 5.01 Å². The Morgan fingerprint density at radius 3 is 2.63 bits per heavy atom. The Balaban J connectivity index is 2.03. The lowest BCUT2D eigenvalue weighted by Gasteiger charge is -2.41. The minimum absolute atomic E-state index is 0.0575. The molecule has 4 rings (SSSR count). The third-order valence-corrected chi connectivity index (χ3v) is 5.18. The summed E-state index contributed by atoms with van der Waals surface area (Å²) in [6.45, 7) is 3.91. The summed E-state index contributed by atoms with van der Waals surface area (Å²) in [5.41, 5.74) is 12.0. The predicted molar refractivity (Wildman–Crippen MR) is 103 cm³/mol. The van der Waals surface area contributed by atoms with Crippen LogP contribution in [-0.4, -0.2) is 21.4 Å². The summed E-state index contributed by atoms with van der Waals surface area (Å²) in [5.74, 6) is -0.624. The Bertz CT molecular complexity index is 1070. The fraction of sp³-hybridized carbons (Fsp3) is 0.250. The SMILES string of the molecule is Cc1cccc2c3c(n(C)c12)C(=O)N(c1ccncc1)NC3(C)CC(N)=O. The first-order valence-corrected chi connectivity index (χ1v) is 8.72. The number of pyridine rings is 1. The van der Waals surface area contributed by atoms with Crippen LogP contribution in [0.1, 0.15) is 35.0 Å². The molecule has 0 radical (unpaired) electrons. The molecule has 2 aromatic heterocycles. The minimum atomic E-state index is -0.828. The molecule has 1 unspecified atom stereocenters. The maximum absolute atomic E-state index is 13.4. The van der Waals surface area contributed by atoms with E-state index in [1.54, 1.807) is 24.5 Å². The Morgan fingerprint density at radius 1 is 1.26 bits per heavy atom. The highest BCUT2D eigenvalue weighted by molar-refractivity contribution is 6.11. The van der Waals surface area contributed by atoms with Crippen LogP contribution in [0.5, 0.6) is 0 Å². The lowest BCUT2D eigenvalue weighted by molar-refractivity contribution is -0.119. The van der Waals surface area contributed by atoms with Gasteiger partial charge in [0.05, 0.1) is 23.2 Å². The zero-order valence-corrected chi connectivity index (χ0v) is 15.5. The average molecular weight is 363 g/mol. The van der Waals surface area contributed by atoms with E-state index in [0.717, 1.165) is 22.0 Å². The molecule has 2 amide bonds. The van der Waals surface area contributed by atoms with Crippen molar-refractivity contribution in [2.24, 2.45) is 12.8 Å². The number of benzene rings is 1. The Labute approximate surface area is 156 Å². The maximum atomic E-state index is 13.4.